The largest absolute Gasteiger partial charge is 0.496 e. The van der Waals surface area contributed by atoms with Crippen molar-refractivity contribution in [1.29, 1.82) is 0 Å². The number of nitrogens with one attached hydrogen (secondary N) is 1. The number of rotatable bonds is 5. The number of ketones is 1. The Kier molecular flexibility index (Phi) is 4.77. The van der Waals surface area contributed by atoms with Gasteiger partial charge >= 0.3 is 0 Å². The van der Waals surface area contributed by atoms with Crippen LogP contribution in [0.25, 0.3) is 0 Å². The van der Waals surface area contributed by atoms with E-state index in [1.807, 2.05) is 0 Å². The number of carbonyl (C=O) groups excluding carboxylic acids is 2. The molecule has 108 valence electrons. The molecular weight excluding hydrogens is 254 g/mol. The summed E-state index contributed by atoms with van der Waals surface area (Å²) in [5, 5.41) is 3.05. The lowest BCUT2D eigenvalue weighted by Crippen LogP contribution is -2.33. The molecule has 1 aromatic carbocycles. The molecule has 0 aliphatic heterocycles. The van der Waals surface area contributed by atoms with Crippen molar-refractivity contribution >= 4 is 11.7 Å². The molecular formula is C16H21NO3. The molecule has 0 radical (unpaired) electrons. The molecule has 0 bridgehead atoms. The smallest absolute Gasteiger partial charge is 0.224 e. The van der Waals surface area contributed by atoms with E-state index in [1.165, 1.54) is 19.8 Å². The van der Waals surface area contributed by atoms with Crippen molar-refractivity contribution in [3.8, 4) is 5.75 Å². The van der Waals surface area contributed by atoms with E-state index in [4.69, 9.17) is 4.74 Å². The number of ether oxygens (including phenoxy) is 1. The van der Waals surface area contributed by atoms with E-state index in [0.717, 1.165) is 18.4 Å². The van der Waals surface area contributed by atoms with Crippen LogP contribution >= 0.6 is 0 Å². The van der Waals surface area contributed by atoms with E-state index >= 15 is 0 Å². The van der Waals surface area contributed by atoms with Gasteiger partial charge in [0.15, 0.2) is 5.78 Å². The summed E-state index contributed by atoms with van der Waals surface area (Å²) < 4.78 is 5.26. The normalized spacial score (nSPS) is 15.1. The van der Waals surface area contributed by atoms with Crippen LogP contribution in [0.4, 0.5) is 0 Å². The average molecular weight is 275 g/mol. The van der Waals surface area contributed by atoms with E-state index in [1.54, 1.807) is 25.3 Å². The van der Waals surface area contributed by atoms with Crippen molar-refractivity contribution < 1.29 is 14.3 Å². The van der Waals surface area contributed by atoms with Gasteiger partial charge in [-0.25, -0.2) is 0 Å². The standard InChI is InChI=1S/C16H21NO3/c1-11(18)12-7-8-15(20-2)13(9-12)10-16(19)17-14-5-3-4-6-14/h7-9,14H,3-6,10H2,1-2H3,(H,17,19). The van der Waals surface area contributed by atoms with Crippen LogP contribution in [0.3, 0.4) is 0 Å². The number of amides is 1. The van der Waals surface area contributed by atoms with Crippen molar-refractivity contribution in [3.05, 3.63) is 29.3 Å². The molecule has 20 heavy (non-hydrogen) atoms. The predicted octanol–water partition coefficient (Wildman–Crippen LogP) is 2.50. The van der Waals surface area contributed by atoms with Gasteiger partial charge in [-0.2, -0.15) is 0 Å². The Morgan fingerprint density at radius 3 is 2.60 bits per heavy atom. The number of carbonyl (C=O) groups is 2. The van der Waals surface area contributed by atoms with Crippen molar-refractivity contribution in [1.82, 2.24) is 5.32 Å². The van der Waals surface area contributed by atoms with Crippen LogP contribution in [0.15, 0.2) is 18.2 Å². The summed E-state index contributed by atoms with van der Waals surface area (Å²) in [6.45, 7) is 1.52. The van der Waals surface area contributed by atoms with Gasteiger partial charge in [0.2, 0.25) is 5.91 Å². The highest BCUT2D eigenvalue weighted by atomic mass is 16.5. The third kappa shape index (κ3) is 3.59. The molecule has 0 heterocycles. The SMILES string of the molecule is COc1ccc(C(C)=O)cc1CC(=O)NC1CCCC1. The second-order valence-electron chi connectivity index (χ2n) is 5.31. The second kappa shape index (κ2) is 6.55. The van der Waals surface area contributed by atoms with Crippen LogP contribution in [-0.2, 0) is 11.2 Å². The predicted molar refractivity (Wildman–Crippen MR) is 77.1 cm³/mol. The Labute approximate surface area is 119 Å². The van der Waals surface area contributed by atoms with Crippen LogP contribution < -0.4 is 10.1 Å². The maximum absolute atomic E-state index is 12.1. The summed E-state index contributed by atoms with van der Waals surface area (Å²) in [7, 11) is 1.57. The van der Waals surface area contributed by atoms with Gasteiger partial charge in [-0.15, -0.1) is 0 Å². The van der Waals surface area contributed by atoms with Gasteiger partial charge in [0.1, 0.15) is 5.75 Å². The van der Waals surface area contributed by atoms with Crippen LogP contribution in [0, 0.1) is 0 Å². The minimum absolute atomic E-state index is 0.00379. The monoisotopic (exact) mass is 275 g/mol. The zero-order chi connectivity index (χ0) is 14.5. The zero-order valence-electron chi connectivity index (χ0n) is 12.1. The Hall–Kier alpha value is -1.84. The lowest BCUT2D eigenvalue weighted by atomic mass is 10.0. The molecule has 0 unspecified atom stereocenters. The van der Waals surface area contributed by atoms with Gasteiger partial charge in [-0.1, -0.05) is 12.8 Å². The molecule has 1 N–H and O–H groups in total. The first-order valence-electron chi connectivity index (χ1n) is 7.07. The number of Topliss-reactive ketones (excluding diaryl/α,β-unsaturated/α-hetero) is 1. The number of hydrogen-bond donors (Lipinski definition) is 1. The Morgan fingerprint density at radius 2 is 2.00 bits per heavy atom. The van der Waals surface area contributed by atoms with Crippen molar-refractivity contribution in [2.24, 2.45) is 0 Å². The van der Waals surface area contributed by atoms with Crippen LogP contribution in [0.5, 0.6) is 5.75 Å². The van der Waals surface area contributed by atoms with E-state index < -0.39 is 0 Å². The Morgan fingerprint density at radius 1 is 1.30 bits per heavy atom. The van der Waals surface area contributed by atoms with Gasteiger partial charge < -0.3 is 10.1 Å². The van der Waals surface area contributed by atoms with Crippen molar-refractivity contribution in [2.75, 3.05) is 7.11 Å². The average Bonchev–Trinajstić information content (AvgIpc) is 2.91. The molecule has 1 aliphatic carbocycles. The van der Waals surface area contributed by atoms with Gasteiger partial charge in [-0.3, -0.25) is 9.59 Å². The first kappa shape index (κ1) is 14.6. The Bertz CT molecular complexity index is 504. The maximum Gasteiger partial charge on any atom is 0.224 e. The minimum atomic E-state index is -0.00916. The highest BCUT2D eigenvalue weighted by Gasteiger charge is 2.18. The van der Waals surface area contributed by atoms with Gasteiger partial charge in [-0.05, 0) is 38.0 Å². The molecule has 4 nitrogen and oxygen atoms in total. The van der Waals surface area contributed by atoms with Crippen LogP contribution in [0.2, 0.25) is 0 Å². The highest BCUT2D eigenvalue weighted by Crippen LogP contribution is 2.22. The summed E-state index contributed by atoms with van der Waals surface area (Å²) >= 11 is 0. The summed E-state index contributed by atoms with van der Waals surface area (Å²) in [6, 6.07) is 5.52. The summed E-state index contributed by atoms with van der Waals surface area (Å²) in [4.78, 5) is 23.5. The molecule has 0 atom stereocenters. The van der Waals surface area contributed by atoms with E-state index in [0.29, 0.717) is 17.4 Å². The number of hydrogen-bond acceptors (Lipinski definition) is 3. The molecule has 1 aliphatic rings. The van der Waals surface area contributed by atoms with Crippen molar-refractivity contribution in [3.63, 3.8) is 0 Å². The molecule has 4 heteroatoms. The van der Waals surface area contributed by atoms with Gasteiger partial charge in [0, 0.05) is 17.2 Å². The zero-order valence-corrected chi connectivity index (χ0v) is 12.1. The fourth-order valence-corrected chi connectivity index (χ4v) is 2.66. The van der Waals surface area contributed by atoms with Crippen LogP contribution in [0.1, 0.15) is 48.5 Å². The topological polar surface area (TPSA) is 55.4 Å². The molecule has 1 fully saturated rings. The first-order chi connectivity index (χ1) is 9.60. The fraction of sp³-hybridized carbons (Fsp3) is 0.500. The third-order valence-corrected chi connectivity index (χ3v) is 3.76. The fourth-order valence-electron chi connectivity index (χ4n) is 2.66. The summed E-state index contributed by atoms with van der Waals surface area (Å²) in [5.41, 5.74) is 1.37. The summed E-state index contributed by atoms with van der Waals surface area (Å²) in [6.07, 6.45) is 4.76. The number of methoxy groups -OCH3 is 1. The third-order valence-electron chi connectivity index (χ3n) is 3.76. The van der Waals surface area contributed by atoms with E-state index in [9.17, 15) is 9.59 Å². The molecule has 0 aromatic heterocycles. The second-order valence-corrected chi connectivity index (χ2v) is 5.31. The summed E-state index contributed by atoms with van der Waals surface area (Å²) in [5.74, 6) is 0.637. The molecule has 1 aromatic rings. The van der Waals surface area contributed by atoms with E-state index in [2.05, 4.69) is 5.32 Å². The Balaban J connectivity index is 2.07. The maximum atomic E-state index is 12.1. The van der Waals surface area contributed by atoms with E-state index in [-0.39, 0.29) is 18.1 Å². The quantitative estimate of drug-likeness (QED) is 0.840. The molecule has 1 saturated carbocycles. The van der Waals surface area contributed by atoms with Crippen molar-refractivity contribution in [2.45, 2.75) is 45.1 Å². The minimum Gasteiger partial charge on any atom is -0.496 e. The molecule has 2 rings (SSSR count). The van der Waals surface area contributed by atoms with Gasteiger partial charge in [0.05, 0.1) is 13.5 Å². The molecule has 0 spiro atoms. The molecule has 0 saturated heterocycles. The number of benzene rings is 1. The molecule has 1 amide bonds. The highest BCUT2D eigenvalue weighted by molar-refractivity contribution is 5.94. The van der Waals surface area contributed by atoms with Crippen LogP contribution in [-0.4, -0.2) is 24.8 Å². The first-order valence-corrected chi connectivity index (χ1v) is 7.07. The lowest BCUT2D eigenvalue weighted by Gasteiger charge is -2.14. The van der Waals surface area contributed by atoms with Gasteiger partial charge in [0.25, 0.3) is 0 Å². The lowest BCUT2D eigenvalue weighted by molar-refractivity contribution is -0.121.